The molecule has 4 nitrogen and oxygen atoms in total. The van der Waals surface area contributed by atoms with E-state index in [4.69, 9.17) is 9.73 Å². The van der Waals surface area contributed by atoms with Crippen LogP contribution in [0.3, 0.4) is 0 Å². The third-order valence-electron chi connectivity index (χ3n) is 4.64. The standard InChI is InChI=1S/C21H21N3O/c1-25-18-4-2-3-17(13-18)21-19-14-16(15-7-9-22-10-8-15)5-6-20(19)23-11-12-24-21/h2-10,14,18,23H,11-13H2,1H3. The fraction of sp³-hybridized carbons (Fsp3) is 0.238. The topological polar surface area (TPSA) is 46.5 Å². The molecule has 0 radical (unpaired) electrons. The molecule has 25 heavy (non-hydrogen) atoms. The van der Waals surface area contributed by atoms with Gasteiger partial charge in [0.05, 0.1) is 18.4 Å². The number of pyridine rings is 1. The quantitative estimate of drug-likeness (QED) is 0.929. The van der Waals surface area contributed by atoms with E-state index in [0.717, 1.165) is 42.0 Å². The minimum Gasteiger partial charge on any atom is -0.383 e. The lowest BCUT2D eigenvalue weighted by molar-refractivity contribution is 0.141. The van der Waals surface area contributed by atoms with Crippen LogP contribution in [0.2, 0.25) is 0 Å². The third-order valence-corrected chi connectivity index (χ3v) is 4.64. The number of aliphatic imine (C=N–C) groups is 1. The molecule has 2 heterocycles. The predicted octanol–water partition coefficient (Wildman–Crippen LogP) is 3.86. The van der Waals surface area contributed by atoms with Crippen LogP contribution >= 0.6 is 0 Å². The average Bonchev–Trinajstić information content (AvgIpc) is 2.90. The summed E-state index contributed by atoms with van der Waals surface area (Å²) in [7, 11) is 1.75. The number of ether oxygens (including phenoxy) is 1. The minimum absolute atomic E-state index is 0.116. The van der Waals surface area contributed by atoms with Crippen molar-refractivity contribution in [3.05, 3.63) is 72.1 Å². The molecule has 1 N–H and O–H groups in total. The Bertz CT molecular complexity index is 853. The van der Waals surface area contributed by atoms with Gasteiger partial charge < -0.3 is 10.1 Å². The van der Waals surface area contributed by atoms with Gasteiger partial charge in [0.25, 0.3) is 0 Å². The molecule has 0 bridgehead atoms. The van der Waals surface area contributed by atoms with Gasteiger partial charge in [0.1, 0.15) is 0 Å². The van der Waals surface area contributed by atoms with Gasteiger partial charge in [0.15, 0.2) is 0 Å². The second-order valence-corrected chi connectivity index (χ2v) is 6.21. The number of hydrogen-bond donors (Lipinski definition) is 1. The molecule has 1 atom stereocenters. The number of nitrogens with one attached hydrogen (secondary N) is 1. The summed E-state index contributed by atoms with van der Waals surface area (Å²) in [6.07, 6.45) is 10.9. The molecule has 4 rings (SSSR count). The van der Waals surface area contributed by atoms with Crippen LogP contribution in [0.4, 0.5) is 5.69 Å². The number of benzodiazepines with no additional fused rings is 1. The number of fused-ring (bicyclic) bond motifs is 1. The average molecular weight is 331 g/mol. The summed E-state index contributed by atoms with van der Waals surface area (Å²) in [5.74, 6) is 0. The maximum absolute atomic E-state index is 5.52. The van der Waals surface area contributed by atoms with Crippen molar-refractivity contribution in [1.29, 1.82) is 0 Å². The highest BCUT2D eigenvalue weighted by atomic mass is 16.5. The summed E-state index contributed by atoms with van der Waals surface area (Å²) >= 11 is 0. The smallest absolute Gasteiger partial charge is 0.0796 e. The Kier molecular flexibility index (Phi) is 4.44. The number of benzene rings is 1. The van der Waals surface area contributed by atoms with E-state index in [2.05, 4.69) is 46.7 Å². The molecule has 2 aromatic rings. The van der Waals surface area contributed by atoms with Crippen LogP contribution in [0.5, 0.6) is 0 Å². The van der Waals surface area contributed by atoms with Gasteiger partial charge >= 0.3 is 0 Å². The van der Waals surface area contributed by atoms with Crippen molar-refractivity contribution in [3.63, 3.8) is 0 Å². The van der Waals surface area contributed by atoms with Crippen LogP contribution in [-0.2, 0) is 4.74 Å². The SMILES string of the molecule is COC1C=CC=C(C2=NCCNc3ccc(-c4ccncc4)cc32)C1. The summed E-state index contributed by atoms with van der Waals surface area (Å²) in [6.45, 7) is 1.62. The van der Waals surface area contributed by atoms with E-state index in [9.17, 15) is 0 Å². The molecule has 0 fully saturated rings. The molecule has 126 valence electrons. The second-order valence-electron chi connectivity index (χ2n) is 6.21. The fourth-order valence-corrected chi connectivity index (χ4v) is 3.32. The van der Waals surface area contributed by atoms with Crippen molar-refractivity contribution in [2.24, 2.45) is 4.99 Å². The highest BCUT2D eigenvalue weighted by Crippen LogP contribution is 2.30. The van der Waals surface area contributed by atoms with Crippen LogP contribution in [0.1, 0.15) is 12.0 Å². The molecule has 0 saturated heterocycles. The van der Waals surface area contributed by atoms with Gasteiger partial charge in [-0.15, -0.1) is 0 Å². The molecule has 1 aliphatic carbocycles. The molecule has 1 aromatic heterocycles. The van der Waals surface area contributed by atoms with E-state index in [1.165, 1.54) is 11.1 Å². The molecule has 4 heteroatoms. The van der Waals surface area contributed by atoms with Crippen molar-refractivity contribution < 1.29 is 4.74 Å². The van der Waals surface area contributed by atoms with Crippen molar-refractivity contribution in [3.8, 4) is 11.1 Å². The minimum atomic E-state index is 0.116. The van der Waals surface area contributed by atoms with E-state index in [0.29, 0.717) is 0 Å². The fourth-order valence-electron chi connectivity index (χ4n) is 3.32. The van der Waals surface area contributed by atoms with E-state index >= 15 is 0 Å². The zero-order valence-electron chi connectivity index (χ0n) is 14.3. The van der Waals surface area contributed by atoms with E-state index < -0.39 is 0 Å². The number of hydrogen-bond acceptors (Lipinski definition) is 4. The predicted molar refractivity (Wildman–Crippen MR) is 102 cm³/mol. The van der Waals surface area contributed by atoms with E-state index in [-0.39, 0.29) is 6.10 Å². The zero-order valence-corrected chi connectivity index (χ0v) is 14.3. The number of methoxy groups -OCH3 is 1. The largest absolute Gasteiger partial charge is 0.383 e. The first kappa shape index (κ1) is 15.8. The van der Waals surface area contributed by atoms with Crippen LogP contribution in [0, 0.1) is 0 Å². The van der Waals surface area contributed by atoms with Crippen LogP contribution in [0.15, 0.2) is 71.5 Å². The zero-order chi connectivity index (χ0) is 17.1. The highest BCUT2D eigenvalue weighted by Gasteiger charge is 2.20. The van der Waals surface area contributed by atoms with Gasteiger partial charge in [-0.1, -0.05) is 24.3 Å². The number of allylic oxidation sites excluding steroid dienone is 2. The molecule has 0 amide bonds. The van der Waals surface area contributed by atoms with Crippen LogP contribution in [-0.4, -0.2) is 37.0 Å². The summed E-state index contributed by atoms with van der Waals surface area (Å²) in [4.78, 5) is 8.99. The second kappa shape index (κ2) is 7.03. The Balaban J connectivity index is 1.77. The van der Waals surface area contributed by atoms with Crippen molar-refractivity contribution >= 4 is 11.4 Å². The summed E-state index contributed by atoms with van der Waals surface area (Å²) in [5, 5.41) is 3.49. The van der Waals surface area contributed by atoms with Crippen molar-refractivity contribution in [2.45, 2.75) is 12.5 Å². The van der Waals surface area contributed by atoms with Gasteiger partial charge in [-0.3, -0.25) is 9.98 Å². The van der Waals surface area contributed by atoms with Gasteiger partial charge in [0, 0.05) is 43.7 Å². The maximum atomic E-state index is 5.52. The normalized spacial score (nSPS) is 19.3. The highest BCUT2D eigenvalue weighted by molar-refractivity contribution is 6.16. The van der Waals surface area contributed by atoms with Gasteiger partial charge in [-0.2, -0.15) is 0 Å². The molecule has 2 aliphatic rings. The van der Waals surface area contributed by atoms with Gasteiger partial charge in [0.2, 0.25) is 0 Å². The number of aromatic nitrogens is 1. The molecule has 0 spiro atoms. The van der Waals surface area contributed by atoms with Crippen LogP contribution < -0.4 is 5.32 Å². The summed E-state index contributed by atoms with van der Waals surface area (Å²) in [5.41, 5.74) is 6.93. The van der Waals surface area contributed by atoms with Crippen molar-refractivity contribution in [2.75, 3.05) is 25.5 Å². The molecular weight excluding hydrogens is 310 g/mol. The lowest BCUT2D eigenvalue weighted by Crippen LogP contribution is -2.16. The maximum Gasteiger partial charge on any atom is 0.0796 e. The first-order valence-electron chi connectivity index (χ1n) is 8.59. The Morgan fingerprint density at radius 2 is 2.00 bits per heavy atom. The Labute approximate surface area is 148 Å². The first-order valence-corrected chi connectivity index (χ1v) is 8.59. The Morgan fingerprint density at radius 1 is 1.12 bits per heavy atom. The van der Waals surface area contributed by atoms with Gasteiger partial charge in [-0.25, -0.2) is 0 Å². The summed E-state index contributed by atoms with van der Waals surface area (Å²) < 4.78 is 5.52. The molecule has 1 aromatic carbocycles. The number of anilines is 1. The molecule has 1 aliphatic heterocycles. The Hall–Kier alpha value is -2.72. The number of rotatable bonds is 3. The third kappa shape index (κ3) is 3.26. The number of nitrogens with zero attached hydrogens (tertiary/aromatic N) is 2. The molecule has 1 unspecified atom stereocenters. The monoisotopic (exact) mass is 331 g/mol. The lowest BCUT2D eigenvalue weighted by Gasteiger charge is -2.20. The Morgan fingerprint density at radius 3 is 2.84 bits per heavy atom. The first-order chi connectivity index (χ1) is 12.3. The molecule has 0 saturated carbocycles. The van der Waals surface area contributed by atoms with Crippen LogP contribution in [0.25, 0.3) is 11.1 Å². The molecular formula is C21H21N3O. The van der Waals surface area contributed by atoms with E-state index in [1.54, 1.807) is 7.11 Å². The summed E-state index contributed by atoms with van der Waals surface area (Å²) in [6, 6.07) is 10.6. The van der Waals surface area contributed by atoms with Crippen molar-refractivity contribution in [1.82, 2.24) is 4.98 Å². The van der Waals surface area contributed by atoms with Gasteiger partial charge in [-0.05, 0) is 41.0 Å². The lowest BCUT2D eigenvalue weighted by atomic mass is 9.91. The van der Waals surface area contributed by atoms with E-state index in [1.807, 2.05) is 24.5 Å².